The Kier molecular flexibility index (Phi) is 6.46. The van der Waals surface area contributed by atoms with Crippen LogP contribution in [0.1, 0.15) is 18.4 Å². The van der Waals surface area contributed by atoms with Crippen LogP contribution in [0.2, 0.25) is 0 Å². The number of carbonyl (C=O) groups excluding carboxylic acids is 1. The van der Waals surface area contributed by atoms with E-state index in [1.54, 1.807) is 7.05 Å². The largest absolute Gasteiger partial charge is 0.469 e. The lowest BCUT2D eigenvalue weighted by molar-refractivity contribution is -0.146. The third-order valence-electron chi connectivity index (χ3n) is 4.89. The van der Waals surface area contributed by atoms with E-state index in [0.717, 1.165) is 50.5 Å². The number of piperidine rings is 1. The summed E-state index contributed by atoms with van der Waals surface area (Å²) in [6.45, 7) is 2.40. The lowest BCUT2D eigenvalue weighted by Crippen LogP contribution is -2.47. The molecule has 0 spiro atoms. The molecule has 144 valence electrons. The number of rotatable bonds is 5. The van der Waals surface area contributed by atoms with Gasteiger partial charge in [0.05, 0.1) is 24.9 Å². The molecule has 2 aromatic rings. The number of hydrogen-bond donors (Lipinski definition) is 1. The van der Waals surface area contributed by atoms with E-state index in [2.05, 4.69) is 26.5 Å². The number of methoxy groups -OCH3 is 1. The zero-order valence-corrected chi connectivity index (χ0v) is 16.0. The predicted molar refractivity (Wildman–Crippen MR) is 105 cm³/mol. The number of carbonyl (C=O) groups is 1. The van der Waals surface area contributed by atoms with Crippen LogP contribution in [0.5, 0.6) is 0 Å². The van der Waals surface area contributed by atoms with Gasteiger partial charge in [0.15, 0.2) is 5.96 Å². The Morgan fingerprint density at radius 2 is 2.04 bits per heavy atom. The van der Waals surface area contributed by atoms with Crippen molar-refractivity contribution in [2.24, 2.45) is 10.9 Å². The highest BCUT2D eigenvalue weighted by Crippen LogP contribution is 2.18. The fourth-order valence-electron chi connectivity index (χ4n) is 3.36. The van der Waals surface area contributed by atoms with Gasteiger partial charge in [0.1, 0.15) is 0 Å². The van der Waals surface area contributed by atoms with Gasteiger partial charge in [0.2, 0.25) is 0 Å². The number of aromatic nitrogens is 2. The average molecular weight is 369 g/mol. The monoisotopic (exact) mass is 369 g/mol. The molecule has 0 saturated carbocycles. The zero-order valence-electron chi connectivity index (χ0n) is 16.0. The molecule has 1 aliphatic rings. The predicted octanol–water partition coefficient (Wildman–Crippen LogP) is 1.88. The Morgan fingerprint density at radius 1 is 1.30 bits per heavy atom. The SMILES string of the molecule is CN=C(NCCc1cnn(-c2ccccc2)c1)N1CCC(C(=O)OC)CC1. The van der Waals surface area contributed by atoms with Crippen molar-refractivity contribution < 1.29 is 9.53 Å². The van der Waals surface area contributed by atoms with Gasteiger partial charge in [0, 0.05) is 32.9 Å². The molecule has 0 unspecified atom stereocenters. The molecule has 1 aromatic carbocycles. The number of guanidine groups is 1. The molecule has 3 rings (SSSR count). The molecule has 0 radical (unpaired) electrons. The molecular weight excluding hydrogens is 342 g/mol. The third-order valence-corrected chi connectivity index (χ3v) is 4.89. The standard InChI is InChI=1S/C20H27N5O2/c1-21-20(24-12-9-17(10-13-24)19(26)27-2)22-11-8-16-14-23-25(15-16)18-6-4-3-5-7-18/h3-7,14-15,17H,8-13H2,1-2H3,(H,21,22). The van der Waals surface area contributed by atoms with Gasteiger partial charge in [-0.05, 0) is 37.0 Å². The van der Waals surface area contributed by atoms with Crippen molar-refractivity contribution in [3.8, 4) is 5.69 Å². The Bertz CT molecular complexity index is 764. The highest BCUT2D eigenvalue weighted by Gasteiger charge is 2.26. The molecule has 1 aliphatic heterocycles. The van der Waals surface area contributed by atoms with Crippen molar-refractivity contribution in [3.05, 3.63) is 48.3 Å². The minimum Gasteiger partial charge on any atom is -0.469 e. The Labute approximate surface area is 160 Å². The first kappa shape index (κ1) is 18.9. The summed E-state index contributed by atoms with van der Waals surface area (Å²) in [4.78, 5) is 18.2. The van der Waals surface area contributed by atoms with Crippen LogP contribution in [-0.4, -0.2) is 60.4 Å². The summed E-state index contributed by atoms with van der Waals surface area (Å²) in [5.74, 6) is 0.787. The van der Waals surface area contributed by atoms with E-state index >= 15 is 0 Å². The Balaban J connectivity index is 1.47. The zero-order chi connectivity index (χ0) is 19.1. The van der Waals surface area contributed by atoms with Crippen molar-refractivity contribution in [3.63, 3.8) is 0 Å². The van der Waals surface area contributed by atoms with Gasteiger partial charge in [-0.25, -0.2) is 4.68 Å². The Morgan fingerprint density at radius 3 is 2.70 bits per heavy atom. The number of ether oxygens (including phenoxy) is 1. The minimum atomic E-state index is -0.104. The number of aliphatic imine (C=N–C) groups is 1. The number of hydrogen-bond acceptors (Lipinski definition) is 4. The first-order valence-electron chi connectivity index (χ1n) is 9.33. The van der Waals surface area contributed by atoms with Gasteiger partial charge >= 0.3 is 5.97 Å². The van der Waals surface area contributed by atoms with Gasteiger partial charge in [-0.2, -0.15) is 5.10 Å². The number of nitrogens with zero attached hydrogens (tertiary/aromatic N) is 4. The molecule has 0 amide bonds. The van der Waals surface area contributed by atoms with E-state index < -0.39 is 0 Å². The van der Waals surface area contributed by atoms with Crippen LogP contribution in [0.3, 0.4) is 0 Å². The van der Waals surface area contributed by atoms with E-state index in [0.29, 0.717) is 0 Å². The molecule has 0 bridgehead atoms. The maximum absolute atomic E-state index is 11.7. The van der Waals surface area contributed by atoms with Crippen LogP contribution in [0.25, 0.3) is 5.69 Å². The second-order valence-electron chi connectivity index (χ2n) is 6.64. The number of nitrogens with one attached hydrogen (secondary N) is 1. The maximum Gasteiger partial charge on any atom is 0.308 e. The third kappa shape index (κ3) is 4.87. The molecule has 1 fully saturated rings. The summed E-state index contributed by atoms with van der Waals surface area (Å²) in [5.41, 5.74) is 2.23. The molecule has 1 N–H and O–H groups in total. The van der Waals surface area contributed by atoms with Gasteiger partial charge in [0.25, 0.3) is 0 Å². The van der Waals surface area contributed by atoms with Crippen molar-refractivity contribution in [1.29, 1.82) is 0 Å². The summed E-state index contributed by atoms with van der Waals surface area (Å²) < 4.78 is 6.74. The molecule has 2 heterocycles. The van der Waals surface area contributed by atoms with Gasteiger partial charge in [-0.3, -0.25) is 9.79 Å². The topological polar surface area (TPSA) is 71.8 Å². The second kappa shape index (κ2) is 9.21. The fourth-order valence-corrected chi connectivity index (χ4v) is 3.36. The molecule has 7 heteroatoms. The fraction of sp³-hybridized carbons (Fsp3) is 0.450. The van der Waals surface area contributed by atoms with Crippen LogP contribution in [0.15, 0.2) is 47.7 Å². The summed E-state index contributed by atoms with van der Waals surface area (Å²) >= 11 is 0. The molecule has 0 atom stereocenters. The lowest BCUT2D eigenvalue weighted by atomic mass is 9.97. The summed E-state index contributed by atoms with van der Waals surface area (Å²) in [6.07, 6.45) is 6.43. The normalized spacial score (nSPS) is 15.6. The van der Waals surface area contributed by atoms with Crippen molar-refractivity contribution in [2.75, 3.05) is 33.8 Å². The van der Waals surface area contributed by atoms with E-state index in [1.165, 1.54) is 12.7 Å². The first-order chi connectivity index (χ1) is 13.2. The Hall–Kier alpha value is -2.83. The van der Waals surface area contributed by atoms with E-state index in [9.17, 15) is 4.79 Å². The first-order valence-corrected chi connectivity index (χ1v) is 9.33. The number of likely N-dealkylation sites (tertiary alicyclic amines) is 1. The van der Waals surface area contributed by atoms with Crippen molar-refractivity contribution in [2.45, 2.75) is 19.3 Å². The van der Waals surface area contributed by atoms with E-state index in [-0.39, 0.29) is 11.9 Å². The summed E-state index contributed by atoms with van der Waals surface area (Å²) in [5, 5.41) is 7.85. The average Bonchev–Trinajstić information content (AvgIpc) is 3.20. The molecule has 0 aliphatic carbocycles. The number of esters is 1. The highest BCUT2D eigenvalue weighted by molar-refractivity contribution is 5.80. The van der Waals surface area contributed by atoms with Gasteiger partial charge in [-0.1, -0.05) is 18.2 Å². The molecule has 1 saturated heterocycles. The number of para-hydroxylation sites is 1. The number of benzene rings is 1. The summed E-state index contributed by atoms with van der Waals surface area (Å²) in [7, 11) is 3.25. The molecular formula is C20H27N5O2. The van der Waals surface area contributed by atoms with E-state index in [1.807, 2.05) is 41.2 Å². The van der Waals surface area contributed by atoms with E-state index in [4.69, 9.17) is 4.74 Å². The molecule has 27 heavy (non-hydrogen) atoms. The highest BCUT2D eigenvalue weighted by atomic mass is 16.5. The van der Waals surface area contributed by atoms with Gasteiger partial charge < -0.3 is 15.0 Å². The summed E-state index contributed by atoms with van der Waals surface area (Å²) in [6, 6.07) is 10.1. The molecule has 7 nitrogen and oxygen atoms in total. The minimum absolute atomic E-state index is 0.00758. The van der Waals surface area contributed by atoms with Crippen LogP contribution in [0.4, 0.5) is 0 Å². The van der Waals surface area contributed by atoms with Crippen molar-refractivity contribution >= 4 is 11.9 Å². The smallest absolute Gasteiger partial charge is 0.308 e. The maximum atomic E-state index is 11.7. The van der Waals surface area contributed by atoms with Crippen molar-refractivity contribution in [1.82, 2.24) is 20.0 Å². The van der Waals surface area contributed by atoms with Gasteiger partial charge in [-0.15, -0.1) is 0 Å². The lowest BCUT2D eigenvalue weighted by Gasteiger charge is -2.33. The second-order valence-corrected chi connectivity index (χ2v) is 6.64. The molecule has 1 aromatic heterocycles. The van der Waals surface area contributed by atoms with Crippen LogP contribution < -0.4 is 5.32 Å². The van der Waals surface area contributed by atoms with Crippen LogP contribution >= 0.6 is 0 Å². The van der Waals surface area contributed by atoms with Crippen LogP contribution in [0, 0.1) is 5.92 Å². The quantitative estimate of drug-likeness (QED) is 0.495. The van der Waals surface area contributed by atoms with Crippen LogP contribution in [-0.2, 0) is 16.0 Å².